The van der Waals surface area contributed by atoms with Gasteiger partial charge in [0.05, 0.1) is 0 Å². The lowest BCUT2D eigenvalue weighted by Gasteiger charge is -2.14. The molecule has 0 nitrogen and oxygen atoms in total. The first kappa shape index (κ1) is 6.34. The van der Waals surface area contributed by atoms with Crippen LogP contribution in [-0.4, -0.2) is 0 Å². The Balaban J connectivity index is 2.53. The maximum atomic E-state index is 3.51. The summed E-state index contributed by atoms with van der Waals surface area (Å²) in [5.41, 5.74) is 0. The molecule has 0 fully saturated rings. The second-order valence-corrected chi connectivity index (χ2v) is 3.34. The van der Waals surface area contributed by atoms with Gasteiger partial charge < -0.3 is 0 Å². The lowest BCUT2D eigenvalue weighted by Crippen LogP contribution is -1.98. The van der Waals surface area contributed by atoms with Crippen molar-refractivity contribution in [1.82, 2.24) is 0 Å². The summed E-state index contributed by atoms with van der Waals surface area (Å²) in [5, 5.41) is 0. The second-order valence-electron chi connectivity index (χ2n) is 2.42. The summed E-state index contributed by atoms with van der Waals surface area (Å²) in [4.78, 5) is 0. The van der Waals surface area contributed by atoms with Crippen LogP contribution in [0.5, 0.6) is 0 Å². The molecule has 0 aromatic rings. The lowest BCUT2D eigenvalue weighted by atomic mass is 9.98. The average Bonchev–Trinajstić information content (AvgIpc) is 1.77. The van der Waals surface area contributed by atoms with Gasteiger partial charge in [-0.05, 0) is 29.7 Å². The van der Waals surface area contributed by atoms with Crippen molar-refractivity contribution in [1.29, 1.82) is 0 Å². The highest BCUT2D eigenvalue weighted by molar-refractivity contribution is 9.11. The normalized spacial score (nSPS) is 29.8. The molecular formula is C7H11Br. The fourth-order valence-corrected chi connectivity index (χ4v) is 1.46. The van der Waals surface area contributed by atoms with Gasteiger partial charge in [0.25, 0.3) is 0 Å². The number of halogens is 1. The van der Waals surface area contributed by atoms with E-state index in [0.29, 0.717) is 0 Å². The SMILES string of the molecule is CC1CCCC=C1Br. The molecule has 0 bridgehead atoms. The zero-order valence-electron chi connectivity index (χ0n) is 5.15. The fourth-order valence-electron chi connectivity index (χ4n) is 1.00. The quantitative estimate of drug-likeness (QED) is 0.530. The number of rotatable bonds is 0. The Kier molecular flexibility index (Phi) is 2.12. The summed E-state index contributed by atoms with van der Waals surface area (Å²) < 4.78 is 1.41. The van der Waals surface area contributed by atoms with Crippen LogP contribution in [-0.2, 0) is 0 Å². The van der Waals surface area contributed by atoms with E-state index in [1.807, 2.05) is 0 Å². The molecule has 46 valence electrons. The Morgan fingerprint density at radius 2 is 2.50 bits per heavy atom. The molecule has 0 aromatic carbocycles. The molecular weight excluding hydrogens is 164 g/mol. The molecule has 1 atom stereocenters. The second kappa shape index (κ2) is 2.67. The zero-order chi connectivity index (χ0) is 5.98. The van der Waals surface area contributed by atoms with Gasteiger partial charge in [-0.25, -0.2) is 0 Å². The number of allylic oxidation sites excluding steroid dienone is 2. The van der Waals surface area contributed by atoms with Crippen molar-refractivity contribution in [2.75, 3.05) is 0 Å². The average molecular weight is 175 g/mol. The summed E-state index contributed by atoms with van der Waals surface area (Å²) in [6.07, 6.45) is 6.28. The molecule has 0 spiro atoms. The van der Waals surface area contributed by atoms with E-state index in [-0.39, 0.29) is 0 Å². The van der Waals surface area contributed by atoms with Crippen molar-refractivity contribution < 1.29 is 0 Å². The van der Waals surface area contributed by atoms with Gasteiger partial charge >= 0.3 is 0 Å². The lowest BCUT2D eigenvalue weighted by molar-refractivity contribution is 0.578. The predicted molar refractivity (Wildman–Crippen MR) is 40.0 cm³/mol. The minimum atomic E-state index is 0.781. The van der Waals surface area contributed by atoms with E-state index in [1.165, 1.54) is 23.7 Å². The van der Waals surface area contributed by atoms with Crippen LogP contribution in [0.1, 0.15) is 26.2 Å². The van der Waals surface area contributed by atoms with Crippen LogP contribution in [0.25, 0.3) is 0 Å². The summed E-state index contributed by atoms with van der Waals surface area (Å²) in [7, 11) is 0. The molecule has 0 radical (unpaired) electrons. The van der Waals surface area contributed by atoms with Gasteiger partial charge in [0.15, 0.2) is 0 Å². The van der Waals surface area contributed by atoms with E-state index in [1.54, 1.807) is 0 Å². The van der Waals surface area contributed by atoms with Gasteiger partial charge in [-0.2, -0.15) is 0 Å². The third kappa shape index (κ3) is 1.35. The molecule has 0 aliphatic heterocycles. The topological polar surface area (TPSA) is 0 Å². The smallest absolute Gasteiger partial charge is 0.00610 e. The molecule has 0 saturated carbocycles. The molecule has 0 aromatic heterocycles. The highest BCUT2D eigenvalue weighted by Gasteiger charge is 2.08. The van der Waals surface area contributed by atoms with E-state index in [0.717, 1.165) is 5.92 Å². The molecule has 1 unspecified atom stereocenters. The highest BCUT2D eigenvalue weighted by Crippen LogP contribution is 2.27. The van der Waals surface area contributed by atoms with Crippen molar-refractivity contribution >= 4 is 15.9 Å². The summed E-state index contributed by atoms with van der Waals surface area (Å²) in [5.74, 6) is 0.781. The molecule has 1 rings (SSSR count). The van der Waals surface area contributed by atoms with Gasteiger partial charge in [0.1, 0.15) is 0 Å². The molecule has 1 aliphatic rings. The Labute approximate surface area is 59.1 Å². The number of hydrogen-bond acceptors (Lipinski definition) is 0. The molecule has 0 N–H and O–H groups in total. The minimum absolute atomic E-state index is 0.781. The van der Waals surface area contributed by atoms with Crippen molar-refractivity contribution in [2.24, 2.45) is 5.92 Å². The van der Waals surface area contributed by atoms with Crippen molar-refractivity contribution in [3.05, 3.63) is 10.6 Å². The first-order chi connectivity index (χ1) is 3.80. The highest BCUT2D eigenvalue weighted by atomic mass is 79.9. The van der Waals surface area contributed by atoms with Gasteiger partial charge in [0.2, 0.25) is 0 Å². The van der Waals surface area contributed by atoms with Gasteiger partial charge in [-0.1, -0.05) is 28.9 Å². The minimum Gasteiger partial charge on any atom is -0.0741 e. The number of hydrogen-bond donors (Lipinski definition) is 0. The Morgan fingerprint density at radius 1 is 1.75 bits per heavy atom. The van der Waals surface area contributed by atoms with E-state index in [2.05, 4.69) is 28.9 Å². The molecule has 1 aliphatic carbocycles. The van der Waals surface area contributed by atoms with Crippen LogP contribution in [0, 0.1) is 5.92 Å². The van der Waals surface area contributed by atoms with Gasteiger partial charge in [-0.3, -0.25) is 0 Å². The van der Waals surface area contributed by atoms with Crippen LogP contribution >= 0.6 is 15.9 Å². The fraction of sp³-hybridized carbons (Fsp3) is 0.714. The van der Waals surface area contributed by atoms with Crippen molar-refractivity contribution in [3.8, 4) is 0 Å². The van der Waals surface area contributed by atoms with Crippen LogP contribution in [0.4, 0.5) is 0 Å². The largest absolute Gasteiger partial charge is 0.0741 e. The maximum Gasteiger partial charge on any atom is -0.00610 e. The third-order valence-corrected chi connectivity index (χ3v) is 2.76. The maximum absolute atomic E-state index is 3.51. The Morgan fingerprint density at radius 3 is 2.88 bits per heavy atom. The van der Waals surface area contributed by atoms with Gasteiger partial charge in [-0.15, -0.1) is 0 Å². The van der Waals surface area contributed by atoms with Crippen molar-refractivity contribution in [3.63, 3.8) is 0 Å². The molecule has 0 saturated heterocycles. The zero-order valence-corrected chi connectivity index (χ0v) is 6.74. The van der Waals surface area contributed by atoms with E-state index in [9.17, 15) is 0 Å². The Hall–Kier alpha value is 0.220. The molecule has 1 heteroatoms. The van der Waals surface area contributed by atoms with E-state index in [4.69, 9.17) is 0 Å². The van der Waals surface area contributed by atoms with E-state index < -0.39 is 0 Å². The summed E-state index contributed by atoms with van der Waals surface area (Å²) in [6.45, 7) is 2.26. The van der Waals surface area contributed by atoms with Crippen molar-refractivity contribution in [2.45, 2.75) is 26.2 Å². The van der Waals surface area contributed by atoms with Crippen LogP contribution < -0.4 is 0 Å². The van der Waals surface area contributed by atoms with Crippen LogP contribution in [0.15, 0.2) is 10.6 Å². The first-order valence-electron chi connectivity index (χ1n) is 3.16. The Bertz CT molecular complexity index is 105. The molecule has 0 amide bonds. The molecule has 0 heterocycles. The predicted octanol–water partition coefficient (Wildman–Crippen LogP) is 3.09. The van der Waals surface area contributed by atoms with Crippen LogP contribution in [0.3, 0.4) is 0 Å². The monoisotopic (exact) mass is 174 g/mol. The molecule has 8 heavy (non-hydrogen) atoms. The summed E-state index contributed by atoms with van der Waals surface area (Å²) >= 11 is 3.51. The van der Waals surface area contributed by atoms with Gasteiger partial charge in [0, 0.05) is 0 Å². The summed E-state index contributed by atoms with van der Waals surface area (Å²) in [6, 6.07) is 0. The van der Waals surface area contributed by atoms with Crippen LogP contribution in [0.2, 0.25) is 0 Å². The third-order valence-electron chi connectivity index (χ3n) is 1.65. The standard InChI is InChI=1S/C7H11Br/c1-6-4-2-3-5-7(6)8/h5-6H,2-4H2,1H3. The van der Waals surface area contributed by atoms with E-state index >= 15 is 0 Å². The first-order valence-corrected chi connectivity index (χ1v) is 3.95.